The second-order valence-electron chi connectivity index (χ2n) is 4.61. The average Bonchev–Trinajstić information content (AvgIpc) is 2.53. The summed E-state index contributed by atoms with van der Waals surface area (Å²) in [7, 11) is 0. The summed E-state index contributed by atoms with van der Waals surface area (Å²) in [6, 6.07) is 14.7. The fourth-order valence-electron chi connectivity index (χ4n) is 1.88. The maximum atomic E-state index is 12.0. The maximum absolute atomic E-state index is 12.0. The van der Waals surface area contributed by atoms with Crippen molar-refractivity contribution in [3.8, 4) is 0 Å². The van der Waals surface area contributed by atoms with Crippen molar-refractivity contribution in [3.63, 3.8) is 0 Å². The van der Waals surface area contributed by atoms with Crippen LogP contribution in [0.15, 0.2) is 54.6 Å². The van der Waals surface area contributed by atoms with Crippen molar-refractivity contribution < 1.29 is 14.7 Å². The maximum Gasteiger partial charge on any atom is 0.335 e. The molecule has 21 heavy (non-hydrogen) atoms. The van der Waals surface area contributed by atoms with E-state index in [-0.39, 0.29) is 11.5 Å². The predicted molar refractivity (Wildman–Crippen MR) is 78.6 cm³/mol. The van der Waals surface area contributed by atoms with Gasteiger partial charge in [-0.25, -0.2) is 4.79 Å². The molecule has 5 heteroatoms. The molecule has 0 saturated carbocycles. The summed E-state index contributed by atoms with van der Waals surface area (Å²) in [6.07, 6.45) is 0. The summed E-state index contributed by atoms with van der Waals surface area (Å²) in [5.74, 6) is -1.25. The molecule has 108 valence electrons. The van der Waals surface area contributed by atoms with Crippen LogP contribution in [0.4, 0.5) is 0 Å². The minimum atomic E-state index is -0.975. The first-order valence-corrected chi connectivity index (χ1v) is 6.48. The highest BCUT2D eigenvalue weighted by Crippen LogP contribution is 2.10. The van der Waals surface area contributed by atoms with E-state index in [0.29, 0.717) is 6.54 Å². The van der Waals surface area contributed by atoms with E-state index < -0.39 is 12.0 Å². The number of amides is 1. The number of carbonyl (C=O) groups is 2. The second kappa shape index (κ2) is 6.67. The first-order valence-electron chi connectivity index (χ1n) is 6.48. The van der Waals surface area contributed by atoms with Crippen molar-refractivity contribution in [1.82, 2.24) is 5.32 Å². The molecular formula is C16H16N2O3. The smallest absolute Gasteiger partial charge is 0.335 e. The highest BCUT2D eigenvalue weighted by molar-refractivity contribution is 5.87. The number of aromatic carboxylic acids is 1. The monoisotopic (exact) mass is 284 g/mol. The minimum absolute atomic E-state index is 0.214. The summed E-state index contributed by atoms with van der Waals surface area (Å²) in [6.45, 7) is 0.305. The lowest BCUT2D eigenvalue weighted by atomic mass is 10.1. The van der Waals surface area contributed by atoms with Gasteiger partial charge in [0.25, 0.3) is 0 Å². The number of hydrogen-bond donors (Lipinski definition) is 3. The van der Waals surface area contributed by atoms with Gasteiger partial charge in [0.1, 0.15) is 6.04 Å². The molecule has 4 N–H and O–H groups in total. The van der Waals surface area contributed by atoms with E-state index in [0.717, 1.165) is 11.1 Å². The third-order valence-corrected chi connectivity index (χ3v) is 3.11. The second-order valence-corrected chi connectivity index (χ2v) is 4.61. The Balaban J connectivity index is 1.93. The van der Waals surface area contributed by atoms with E-state index in [1.807, 2.05) is 18.2 Å². The van der Waals surface area contributed by atoms with E-state index in [1.165, 1.54) is 12.1 Å². The van der Waals surface area contributed by atoms with Gasteiger partial charge in [-0.05, 0) is 23.3 Å². The zero-order chi connectivity index (χ0) is 15.2. The normalized spacial score (nSPS) is 11.7. The van der Waals surface area contributed by atoms with E-state index in [4.69, 9.17) is 10.8 Å². The number of carboxylic acid groups (broad SMARTS) is 1. The van der Waals surface area contributed by atoms with Gasteiger partial charge in [-0.15, -0.1) is 0 Å². The van der Waals surface area contributed by atoms with Gasteiger partial charge >= 0.3 is 5.97 Å². The first-order chi connectivity index (χ1) is 10.1. The van der Waals surface area contributed by atoms with Crippen LogP contribution in [0, 0.1) is 0 Å². The Morgan fingerprint density at radius 2 is 1.67 bits per heavy atom. The highest BCUT2D eigenvalue weighted by atomic mass is 16.4. The Morgan fingerprint density at radius 3 is 2.24 bits per heavy atom. The van der Waals surface area contributed by atoms with Crippen LogP contribution >= 0.6 is 0 Å². The minimum Gasteiger partial charge on any atom is -0.478 e. The molecule has 5 nitrogen and oxygen atoms in total. The van der Waals surface area contributed by atoms with Crippen molar-refractivity contribution in [3.05, 3.63) is 71.3 Å². The summed E-state index contributed by atoms with van der Waals surface area (Å²) < 4.78 is 0. The van der Waals surface area contributed by atoms with Crippen molar-refractivity contribution >= 4 is 11.9 Å². The van der Waals surface area contributed by atoms with Gasteiger partial charge in [0.2, 0.25) is 5.91 Å². The summed E-state index contributed by atoms with van der Waals surface area (Å²) in [4.78, 5) is 22.7. The zero-order valence-electron chi connectivity index (χ0n) is 11.3. The molecule has 0 unspecified atom stereocenters. The van der Waals surface area contributed by atoms with E-state index in [2.05, 4.69) is 5.32 Å². The Hall–Kier alpha value is -2.66. The van der Waals surface area contributed by atoms with Gasteiger partial charge in [-0.1, -0.05) is 42.5 Å². The SMILES string of the molecule is N[C@@H](C(=O)NCc1ccc(C(=O)O)cc1)c1ccccc1. The van der Waals surface area contributed by atoms with Crippen LogP contribution < -0.4 is 11.1 Å². The number of nitrogens with one attached hydrogen (secondary N) is 1. The third kappa shape index (κ3) is 3.90. The Morgan fingerprint density at radius 1 is 1.05 bits per heavy atom. The Bertz CT molecular complexity index is 624. The van der Waals surface area contributed by atoms with Gasteiger partial charge < -0.3 is 16.2 Å². The highest BCUT2D eigenvalue weighted by Gasteiger charge is 2.14. The van der Waals surface area contributed by atoms with Crippen LogP contribution in [0.25, 0.3) is 0 Å². The van der Waals surface area contributed by atoms with E-state index >= 15 is 0 Å². The molecule has 0 aliphatic carbocycles. The molecule has 0 fully saturated rings. The summed E-state index contributed by atoms with van der Waals surface area (Å²) in [5.41, 5.74) is 7.65. The first kappa shape index (κ1) is 14.7. The van der Waals surface area contributed by atoms with Crippen molar-refractivity contribution in [2.75, 3.05) is 0 Å². The van der Waals surface area contributed by atoms with Gasteiger partial charge in [-0.2, -0.15) is 0 Å². The molecule has 0 aliphatic heterocycles. The molecule has 0 spiro atoms. The molecule has 0 saturated heterocycles. The number of benzene rings is 2. The van der Waals surface area contributed by atoms with Crippen LogP contribution in [0.3, 0.4) is 0 Å². The zero-order valence-corrected chi connectivity index (χ0v) is 11.3. The lowest BCUT2D eigenvalue weighted by Crippen LogP contribution is -2.33. The van der Waals surface area contributed by atoms with Crippen molar-refractivity contribution in [2.24, 2.45) is 5.73 Å². The number of hydrogen-bond acceptors (Lipinski definition) is 3. The van der Waals surface area contributed by atoms with Crippen LogP contribution in [-0.4, -0.2) is 17.0 Å². The van der Waals surface area contributed by atoms with Gasteiger partial charge in [0, 0.05) is 6.54 Å². The van der Waals surface area contributed by atoms with E-state index in [9.17, 15) is 9.59 Å². The largest absolute Gasteiger partial charge is 0.478 e. The lowest BCUT2D eigenvalue weighted by molar-refractivity contribution is -0.122. The summed E-state index contributed by atoms with van der Waals surface area (Å²) in [5, 5.41) is 11.5. The molecule has 2 aromatic rings. The molecule has 2 rings (SSSR count). The van der Waals surface area contributed by atoms with Gasteiger partial charge in [0.05, 0.1) is 5.56 Å². The van der Waals surface area contributed by atoms with Crippen molar-refractivity contribution in [1.29, 1.82) is 0 Å². The Kier molecular flexibility index (Phi) is 4.68. The molecule has 0 aliphatic rings. The molecular weight excluding hydrogens is 268 g/mol. The molecule has 1 atom stereocenters. The van der Waals surface area contributed by atoms with E-state index in [1.54, 1.807) is 24.3 Å². The molecule has 0 aromatic heterocycles. The standard InChI is InChI=1S/C16H16N2O3/c17-14(12-4-2-1-3-5-12)15(19)18-10-11-6-8-13(9-7-11)16(20)21/h1-9,14H,10,17H2,(H,18,19)(H,20,21)/t14-/m1/s1. The van der Waals surface area contributed by atoms with Crippen LogP contribution in [-0.2, 0) is 11.3 Å². The number of carboxylic acids is 1. The topological polar surface area (TPSA) is 92.4 Å². The number of carbonyl (C=O) groups excluding carboxylic acids is 1. The molecule has 0 bridgehead atoms. The lowest BCUT2D eigenvalue weighted by Gasteiger charge is -2.12. The number of nitrogens with two attached hydrogens (primary N) is 1. The van der Waals surface area contributed by atoms with Crippen LogP contribution in [0.5, 0.6) is 0 Å². The third-order valence-electron chi connectivity index (χ3n) is 3.11. The van der Waals surface area contributed by atoms with Crippen LogP contribution in [0.1, 0.15) is 27.5 Å². The molecule has 0 radical (unpaired) electrons. The average molecular weight is 284 g/mol. The van der Waals surface area contributed by atoms with Gasteiger partial charge in [-0.3, -0.25) is 4.79 Å². The van der Waals surface area contributed by atoms with Gasteiger partial charge in [0.15, 0.2) is 0 Å². The van der Waals surface area contributed by atoms with Crippen molar-refractivity contribution in [2.45, 2.75) is 12.6 Å². The molecule has 2 aromatic carbocycles. The molecule has 1 amide bonds. The van der Waals surface area contributed by atoms with Crippen LogP contribution in [0.2, 0.25) is 0 Å². The fraction of sp³-hybridized carbons (Fsp3) is 0.125. The molecule has 0 heterocycles. The summed E-state index contributed by atoms with van der Waals surface area (Å²) >= 11 is 0. The predicted octanol–water partition coefficient (Wildman–Crippen LogP) is 1.70. The quantitative estimate of drug-likeness (QED) is 0.779. The number of rotatable bonds is 5. The Labute approximate surface area is 122 Å². The fourth-order valence-corrected chi connectivity index (χ4v) is 1.88.